The maximum Gasteiger partial charge on any atom is 0.249 e. The molecule has 0 aliphatic carbocycles. The minimum Gasteiger partial charge on any atom is -0.422 e. The summed E-state index contributed by atoms with van der Waals surface area (Å²) >= 11 is 0. The fraction of sp³-hybridized carbons (Fsp3) is 0.400. The molecule has 4 rings (SSSR count). The lowest BCUT2D eigenvalue weighted by atomic mass is 10.0. The van der Waals surface area contributed by atoms with Crippen molar-refractivity contribution in [3.8, 4) is 0 Å². The summed E-state index contributed by atoms with van der Waals surface area (Å²) in [6.07, 6.45) is 2.20. The molecule has 1 aliphatic heterocycles. The quantitative estimate of drug-likeness (QED) is 0.580. The Morgan fingerprint density at radius 2 is 1.94 bits per heavy atom. The fourth-order valence-corrected chi connectivity index (χ4v) is 4.11. The highest BCUT2D eigenvalue weighted by atomic mass is 16.5. The maximum absolute atomic E-state index is 12.5. The lowest BCUT2D eigenvalue weighted by Crippen LogP contribution is -2.44. The minimum absolute atomic E-state index is 0.0186. The van der Waals surface area contributed by atoms with Crippen LogP contribution in [0.15, 0.2) is 59.0 Å². The molecule has 0 bridgehead atoms. The van der Waals surface area contributed by atoms with Crippen LogP contribution in [0.25, 0.3) is 0 Å². The van der Waals surface area contributed by atoms with E-state index in [0.717, 1.165) is 31.5 Å². The van der Waals surface area contributed by atoms with Crippen LogP contribution in [-0.4, -0.2) is 42.3 Å². The molecule has 0 saturated carbocycles. The average Bonchev–Trinajstić information content (AvgIpc) is 3.28. The van der Waals surface area contributed by atoms with Gasteiger partial charge in [-0.15, -0.1) is 10.2 Å². The predicted molar refractivity (Wildman–Crippen MR) is 122 cm³/mol. The monoisotopic (exact) mass is 434 g/mol. The standard InChI is InChI=1S/C25H30N4O3/c1-18-7-6-10-21(17-18)29-15-13-20(14-16-29)26-22(30)11-12-23-27-28-25(32-23)24(31-2)19-8-4-3-5-9-19/h3-10,17,20,24H,11-16H2,1-2H3,(H,26,30)/t24-/m0/s1. The van der Waals surface area contributed by atoms with E-state index in [4.69, 9.17) is 9.15 Å². The van der Waals surface area contributed by atoms with E-state index in [9.17, 15) is 4.79 Å². The van der Waals surface area contributed by atoms with E-state index in [0.29, 0.717) is 24.6 Å². The molecule has 2 heterocycles. The first-order chi connectivity index (χ1) is 15.6. The fourth-order valence-electron chi connectivity index (χ4n) is 4.11. The van der Waals surface area contributed by atoms with Crippen molar-refractivity contribution in [3.63, 3.8) is 0 Å². The lowest BCUT2D eigenvalue weighted by Gasteiger charge is -2.34. The molecule has 2 aromatic carbocycles. The van der Waals surface area contributed by atoms with Gasteiger partial charge in [-0.05, 0) is 43.0 Å². The molecule has 1 amide bonds. The minimum atomic E-state index is -0.412. The second-order valence-electron chi connectivity index (χ2n) is 8.23. The molecule has 0 unspecified atom stereocenters. The van der Waals surface area contributed by atoms with Gasteiger partial charge in [0.1, 0.15) is 0 Å². The number of amides is 1. The Kier molecular flexibility index (Phi) is 7.17. The number of aryl methyl sites for hydroxylation is 2. The van der Waals surface area contributed by atoms with Crippen molar-refractivity contribution in [2.75, 3.05) is 25.1 Å². The number of carbonyl (C=O) groups excluding carboxylic acids is 1. The summed E-state index contributed by atoms with van der Waals surface area (Å²) in [5, 5.41) is 11.4. The van der Waals surface area contributed by atoms with Gasteiger partial charge in [-0.2, -0.15) is 0 Å². The van der Waals surface area contributed by atoms with Crippen molar-refractivity contribution in [1.82, 2.24) is 15.5 Å². The molecule has 1 fully saturated rings. The van der Waals surface area contributed by atoms with E-state index >= 15 is 0 Å². The van der Waals surface area contributed by atoms with E-state index in [-0.39, 0.29) is 11.9 Å². The van der Waals surface area contributed by atoms with Crippen LogP contribution in [0.5, 0.6) is 0 Å². The van der Waals surface area contributed by atoms with Gasteiger partial charge in [0.05, 0.1) is 0 Å². The van der Waals surface area contributed by atoms with Gasteiger partial charge in [-0.25, -0.2) is 0 Å². The van der Waals surface area contributed by atoms with Crippen molar-refractivity contribution in [2.45, 2.75) is 44.8 Å². The summed E-state index contributed by atoms with van der Waals surface area (Å²) < 4.78 is 11.3. The van der Waals surface area contributed by atoms with Gasteiger partial charge in [0, 0.05) is 44.8 Å². The van der Waals surface area contributed by atoms with Crippen LogP contribution >= 0.6 is 0 Å². The van der Waals surface area contributed by atoms with Crippen LogP contribution in [0.3, 0.4) is 0 Å². The van der Waals surface area contributed by atoms with E-state index in [1.807, 2.05) is 30.3 Å². The highest BCUT2D eigenvalue weighted by Crippen LogP contribution is 2.24. The number of nitrogens with one attached hydrogen (secondary N) is 1. The summed E-state index contributed by atoms with van der Waals surface area (Å²) in [6.45, 7) is 4.00. The first-order valence-corrected chi connectivity index (χ1v) is 11.1. The third kappa shape index (κ3) is 5.53. The molecule has 32 heavy (non-hydrogen) atoms. The number of hydrogen-bond acceptors (Lipinski definition) is 6. The molecule has 1 aliphatic rings. The number of aromatic nitrogens is 2. The molecule has 1 saturated heterocycles. The smallest absolute Gasteiger partial charge is 0.249 e. The van der Waals surface area contributed by atoms with Crippen LogP contribution in [0.2, 0.25) is 0 Å². The van der Waals surface area contributed by atoms with Gasteiger partial charge >= 0.3 is 0 Å². The summed E-state index contributed by atoms with van der Waals surface area (Å²) in [4.78, 5) is 14.8. The van der Waals surface area contributed by atoms with E-state index < -0.39 is 6.10 Å². The number of piperidine rings is 1. The number of methoxy groups -OCH3 is 1. The van der Waals surface area contributed by atoms with Crippen LogP contribution in [0.1, 0.15) is 48.3 Å². The lowest BCUT2D eigenvalue weighted by molar-refractivity contribution is -0.122. The highest BCUT2D eigenvalue weighted by Gasteiger charge is 2.23. The van der Waals surface area contributed by atoms with Gasteiger partial charge in [0.2, 0.25) is 17.7 Å². The van der Waals surface area contributed by atoms with Gasteiger partial charge in [-0.3, -0.25) is 4.79 Å². The number of rotatable bonds is 8. The number of anilines is 1. The molecule has 3 aromatic rings. The van der Waals surface area contributed by atoms with Crippen molar-refractivity contribution >= 4 is 11.6 Å². The second-order valence-corrected chi connectivity index (χ2v) is 8.23. The Labute approximate surface area is 188 Å². The Hall–Kier alpha value is -3.19. The maximum atomic E-state index is 12.5. The van der Waals surface area contributed by atoms with Crippen molar-refractivity contribution in [2.24, 2.45) is 0 Å². The zero-order chi connectivity index (χ0) is 22.3. The highest BCUT2D eigenvalue weighted by molar-refractivity contribution is 5.76. The average molecular weight is 435 g/mol. The largest absolute Gasteiger partial charge is 0.422 e. The summed E-state index contributed by atoms with van der Waals surface area (Å²) in [7, 11) is 1.61. The molecular formula is C25H30N4O3. The van der Waals surface area contributed by atoms with Crippen LogP contribution in [0.4, 0.5) is 5.69 Å². The Morgan fingerprint density at radius 1 is 1.16 bits per heavy atom. The molecule has 0 spiro atoms. The first kappa shape index (κ1) is 22.0. The summed E-state index contributed by atoms with van der Waals surface area (Å²) in [5.41, 5.74) is 3.47. The van der Waals surface area contributed by atoms with E-state index in [1.54, 1.807) is 7.11 Å². The number of ether oxygens (including phenoxy) is 1. The van der Waals surface area contributed by atoms with Gasteiger partial charge in [0.25, 0.3) is 0 Å². The zero-order valence-electron chi connectivity index (χ0n) is 18.7. The normalized spacial score (nSPS) is 15.5. The molecule has 0 radical (unpaired) electrons. The van der Waals surface area contributed by atoms with Gasteiger partial charge in [-0.1, -0.05) is 42.5 Å². The van der Waals surface area contributed by atoms with E-state index in [2.05, 4.69) is 51.6 Å². The predicted octanol–water partition coefficient (Wildman–Crippen LogP) is 3.83. The Balaban J connectivity index is 1.24. The Bertz CT molecular complexity index is 1010. The topological polar surface area (TPSA) is 80.5 Å². The number of benzene rings is 2. The first-order valence-electron chi connectivity index (χ1n) is 11.1. The second kappa shape index (κ2) is 10.4. The number of hydrogen-bond donors (Lipinski definition) is 1. The van der Waals surface area contributed by atoms with Crippen LogP contribution in [0, 0.1) is 6.92 Å². The van der Waals surface area contributed by atoms with Gasteiger partial charge < -0.3 is 19.4 Å². The summed E-state index contributed by atoms with van der Waals surface area (Å²) in [5.74, 6) is 0.866. The molecule has 1 N–H and O–H groups in total. The molecule has 168 valence electrons. The Morgan fingerprint density at radius 3 is 2.66 bits per heavy atom. The van der Waals surface area contributed by atoms with Crippen molar-refractivity contribution < 1.29 is 13.9 Å². The SMILES string of the molecule is CO[C@@H](c1ccccc1)c1nnc(CCC(=O)NC2CCN(c3cccc(C)c3)CC2)o1. The van der Waals surface area contributed by atoms with Gasteiger partial charge in [0.15, 0.2) is 6.10 Å². The van der Waals surface area contributed by atoms with Crippen molar-refractivity contribution in [1.29, 1.82) is 0 Å². The molecular weight excluding hydrogens is 404 g/mol. The van der Waals surface area contributed by atoms with Crippen LogP contribution in [-0.2, 0) is 16.0 Å². The summed E-state index contributed by atoms with van der Waals surface area (Å²) in [6, 6.07) is 18.5. The van der Waals surface area contributed by atoms with Crippen molar-refractivity contribution in [3.05, 3.63) is 77.5 Å². The molecule has 7 nitrogen and oxygen atoms in total. The van der Waals surface area contributed by atoms with E-state index in [1.165, 1.54) is 11.3 Å². The third-order valence-corrected chi connectivity index (χ3v) is 5.84. The zero-order valence-corrected chi connectivity index (χ0v) is 18.7. The molecule has 1 atom stereocenters. The molecule has 1 aromatic heterocycles. The molecule has 7 heteroatoms. The number of carbonyl (C=O) groups is 1. The van der Waals surface area contributed by atoms with Crippen LogP contribution < -0.4 is 10.2 Å². The third-order valence-electron chi connectivity index (χ3n) is 5.84. The number of nitrogens with zero attached hydrogens (tertiary/aromatic N) is 3.